The maximum absolute atomic E-state index is 5.84. The van der Waals surface area contributed by atoms with Crippen molar-refractivity contribution in [3.05, 3.63) is 0 Å². The van der Waals surface area contributed by atoms with Crippen molar-refractivity contribution in [3.8, 4) is 0 Å². The number of nitrogens with one attached hydrogen (secondary N) is 1. The van der Waals surface area contributed by atoms with Crippen LogP contribution in [-0.2, 0) is 4.74 Å². The number of likely N-dealkylation sites (N-methyl/N-ethyl adjacent to an activating group) is 1. The van der Waals surface area contributed by atoms with Gasteiger partial charge in [0.1, 0.15) is 0 Å². The van der Waals surface area contributed by atoms with E-state index in [0.717, 1.165) is 12.8 Å². The van der Waals surface area contributed by atoms with Gasteiger partial charge in [-0.15, -0.1) is 0 Å². The molecule has 0 aliphatic carbocycles. The summed E-state index contributed by atoms with van der Waals surface area (Å²) >= 11 is 0. The SMILES string of the molecule is CNC(C)C1CCC(N)[C@@H](C)O1. The van der Waals surface area contributed by atoms with Crippen molar-refractivity contribution in [2.45, 2.75) is 51.0 Å². The lowest BCUT2D eigenvalue weighted by Gasteiger charge is -2.35. The number of nitrogens with two attached hydrogens (primary N) is 1. The van der Waals surface area contributed by atoms with Crippen LogP contribution in [0.2, 0.25) is 0 Å². The summed E-state index contributed by atoms with van der Waals surface area (Å²) in [6, 6.07) is 0.658. The highest BCUT2D eigenvalue weighted by atomic mass is 16.5. The maximum atomic E-state index is 5.84. The van der Waals surface area contributed by atoms with Crippen LogP contribution >= 0.6 is 0 Å². The molecule has 3 N–H and O–H groups in total. The molecule has 0 amide bonds. The van der Waals surface area contributed by atoms with Crippen LogP contribution in [0.1, 0.15) is 26.7 Å². The van der Waals surface area contributed by atoms with E-state index in [2.05, 4.69) is 19.2 Å². The fourth-order valence-electron chi connectivity index (χ4n) is 1.59. The monoisotopic (exact) mass is 172 g/mol. The van der Waals surface area contributed by atoms with Gasteiger partial charge in [0, 0.05) is 12.1 Å². The molecule has 3 nitrogen and oxygen atoms in total. The minimum atomic E-state index is 0.208. The lowest BCUT2D eigenvalue weighted by Crippen LogP contribution is -2.48. The van der Waals surface area contributed by atoms with Gasteiger partial charge in [-0.1, -0.05) is 0 Å². The molecule has 1 saturated heterocycles. The molecule has 0 aromatic rings. The van der Waals surface area contributed by atoms with Gasteiger partial charge < -0.3 is 15.8 Å². The Morgan fingerprint density at radius 3 is 2.67 bits per heavy atom. The molecule has 3 heteroatoms. The van der Waals surface area contributed by atoms with E-state index < -0.39 is 0 Å². The molecule has 4 atom stereocenters. The third kappa shape index (κ3) is 2.19. The Morgan fingerprint density at radius 1 is 1.50 bits per heavy atom. The molecule has 72 valence electrons. The van der Waals surface area contributed by atoms with Gasteiger partial charge in [0.2, 0.25) is 0 Å². The average Bonchev–Trinajstić information content (AvgIpc) is 2.08. The zero-order valence-corrected chi connectivity index (χ0v) is 8.21. The summed E-state index contributed by atoms with van der Waals surface area (Å²) in [6.45, 7) is 4.20. The highest BCUT2D eigenvalue weighted by Crippen LogP contribution is 2.19. The van der Waals surface area contributed by atoms with E-state index in [1.165, 1.54) is 0 Å². The lowest BCUT2D eigenvalue weighted by molar-refractivity contribution is -0.0637. The first-order chi connectivity index (χ1) is 5.65. The van der Waals surface area contributed by atoms with E-state index >= 15 is 0 Å². The van der Waals surface area contributed by atoms with Crippen LogP contribution in [0, 0.1) is 0 Å². The van der Waals surface area contributed by atoms with Crippen molar-refractivity contribution in [3.63, 3.8) is 0 Å². The zero-order chi connectivity index (χ0) is 9.14. The standard InChI is InChI=1S/C9H20N2O/c1-6(11-3)9-5-4-8(10)7(2)12-9/h6-9,11H,4-5,10H2,1-3H3/t6?,7-,8?,9?/m1/s1. The molecule has 0 spiro atoms. The van der Waals surface area contributed by atoms with Crippen LogP contribution in [0.15, 0.2) is 0 Å². The van der Waals surface area contributed by atoms with E-state index in [-0.39, 0.29) is 12.1 Å². The van der Waals surface area contributed by atoms with Crippen molar-refractivity contribution >= 4 is 0 Å². The molecule has 3 unspecified atom stereocenters. The molecule has 0 bridgehead atoms. The Balaban J connectivity index is 2.39. The first-order valence-corrected chi connectivity index (χ1v) is 4.73. The first-order valence-electron chi connectivity index (χ1n) is 4.73. The average molecular weight is 172 g/mol. The molecule has 1 fully saturated rings. The molecule has 0 aromatic heterocycles. The van der Waals surface area contributed by atoms with Gasteiger partial charge in [-0.05, 0) is 33.7 Å². The smallest absolute Gasteiger partial charge is 0.0730 e. The van der Waals surface area contributed by atoms with Crippen LogP contribution in [-0.4, -0.2) is 31.3 Å². The van der Waals surface area contributed by atoms with Crippen LogP contribution in [0.3, 0.4) is 0 Å². The van der Waals surface area contributed by atoms with Gasteiger partial charge in [0.15, 0.2) is 0 Å². The maximum Gasteiger partial charge on any atom is 0.0730 e. The van der Waals surface area contributed by atoms with E-state index in [0.29, 0.717) is 12.1 Å². The zero-order valence-electron chi connectivity index (χ0n) is 8.21. The Bertz CT molecular complexity index is 140. The summed E-state index contributed by atoms with van der Waals surface area (Å²) in [7, 11) is 1.97. The Morgan fingerprint density at radius 2 is 2.17 bits per heavy atom. The number of rotatable bonds is 2. The molecule has 1 heterocycles. The van der Waals surface area contributed by atoms with Gasteiger partial charge in [-0.2, -0.15) is 0 Å². The highest BCUT2D eigenvalue weighted by Gasteiger charge is 2.28. The van der Waals surface area contributed by atoms with E-state index in [1.807, 2.05) is 7.05 Å². The van der Waals surface area contributed by atoms with Gasteiger partial charge in [0.25, 0.3) is 0 Å². The van der Waals surface area contributed by atoms with Gasteiger partial charge in [-0.3, -0.25) is 0 Å². The summed E-state index contributed by atoms with van der Waals surface area (Å²) in [5, 5.41) is 3.20. The topological polar surface area (TPSA) is 47.3 Å². The molecule has 0 radical (unpaired) electrons. The van der Waals surface area contributed by atoms with Gasteiger partial charge in [-0.25, -0.2) is 0 Å². The summed E-state index contributed by atoms with van der Waals surface area (Å²) in [5.74, 6) is 0. The van der Waals surface area contributed by atoms with Crippen LogP contribution in [0.5, 0.6) is 0 Å². The highest BCUT2D eigenvalue weighted by molar-refractivity contribution is 4.83. The van der Waals surface area contributed by atoms with Crippen molar-refractivity contribution in [1.29, 1.82) is 0 Å². The molecular formula is C9H20N2O. The van der Waals surface area contributed by atoms with Crippen molar-refractivity contribution in [2.75, 3.05) is 7.05 Å². The fourth-order valence-corrected chi connectivity index (χ4v) is 1.59. The first kappa shape index (κ1) is 9.96. The van der Waals surface area contributed by atoms with Crippen molar-refractivity contribution in [1.82, 2.24) is 5.32 Å². The Kier molecular flexibility index (Phi) is 3.50. The minimum Gasteiger partial charge on any atom is -0.372 e. The second-order valence-electron chi connectivity index (χ2n) is 3.70. The van der Waals surface area contributed by atoms with Crippen molar-refractivity contribution in [2.24, 2.45) is 5.73 Å². The number of ether oxygens (including phenoxy) is 1. The minimum absolute atomic E-state index is 0.208. The fraction of sp³-hybridized carbons (Fsp3) is 1.00. The normalized spacial score (nSPS) is 39.5. The predicted octanol–water partition coefficient (Wildman–Crippen LogP) is 0.489. The van der Waals surface area contributed by atoms with E-state index in [9.17, 15) is 0 Å². The van der Waals surface area contributed by atoms with Crippen LogP contribution < -0.4 is 11.1 Å². The third-order valence-corrected chi connectivity index (χ3v) is 2.79. The number of hydrogen-bond acceptors (Lipinski definition) is 3. The second-order valence-corrected chi connectivity index (χ2v) is 3.70. The molecular weight excluding hydrogens is 152 g/mol. The summed E-state index contributed by atoms with van der Waals surface area (Å²) in [5.41, 5.74) is 5.84. The second kappa shape index (κ2) is 4.21. The quantitative estimate of drug-likeness (QED) is 0.637. The summed E-state index contributed by atoms with van der Waals surface area (Å²) in [6.07, 6.45) is 2.70. The molecule has 1 aliphatic heterocycles. The number of hydrogen-bond donors (Lipinski definition) is 2. The summed E-state index contributed by atoms with van der Waals surface area (Å²) < 4.78 is 5.76. The van der Waals surface area contributed by atoms with Crippen LogP contribution in [0.4, 0.5) is 0 Å². The molecule has 1 aliphatic rings. The third-order valence-electron chi connectivity index (χ3n) is 2.79. The molecule has 1 rings (SSSR count). The van der Waals surface area contributed by atoms with Crippen LogP contribution in [0.25, 0.3) is 0 Å². The largest absolute Gasteiger partial charge is 0.372 e. The van der Waals surface area contributed by atoms with E-state index in [1.54, 1.807) is 0 Å². The lowest BCUT2D eigenvalue weighted by atomic mass is 9.97. The van der Waals surface area contributed by atoms with Gasteiger partial charge >= 0.3 is 0 Å². The van der Waals surface area contributed by atoms with Crippen molar-refractivity contribution < 1.29 is 4.74 Å². The molecule has 0 saturated carbocycles. The van der Waals surface area contributed by atoms with E-state index in [4.69, 9.17) is 10.5 Å². The predicted molar refractivity (Wildman–Crippen MR) is 50.1 cm³/mol. The van der Waals surface area contributed by atoms with Gasteiger partial charge in [0.05, 0.1) is 12.2 Å². The Hall–Kier alpha value is -0.120. The molecule has 0 aromatic carbocycles. The molecule has 12 heavy (non-hydrogen) atoms. The Labute approximate surface area is 74.7 Å². The summed E-state index contributed by atoms with van der Waals surface area (Å²) in [4.78, 5) is 0.